The fraction of sp³-hybridized carbons (Fsp3) is 0.458. The number of aliphatic hydroxyl groups is 1. The predicted molar refractivity (Wildman–Crippen MR) is 115 cm³/mol. The fourth-order valence-corrected chi connectivity index (χ4v) is 5.36. The Bertz CT molecular complexity index is 1080. The first kappa shape index (κ1) is 20.0. The number of hydrogen-bond donors (Lipinski definition) is 2. The quantitative estimate of drug-likeness (QED) is 0.766. The maximum atomic E-state index is 13.4. The van der Waals surface area contributed by atoms with Crippen LogP contribution in [0.3, 0.4) is 0 Å². The molecule has 2 aliphatic heterocycles. The van der Waals surface area contributed by atoms with Gasteiger partial charge in [-0.05, 0) is 36.5 Å². The highest BCUT2D eigenvalue weighted by Gasteiger charge is 2.56. The molecule has 2 amide bonds. The zero-order valence-corrected chi connectivity index (χ0v) is 17.5. The van der Waals surface area contributed by atoms with Gasteiger partial charge in [0, 0.05) is 43.8 Å². The van der Waals surface area contributed by atoms with Crippen LogP contribution in [0.5, 0.6) is 0 Å². The van der Waals surface area contributed by atoms with Crippen molar-refractivity contribution in [2.75, 3.05) is 13.2 Å². The van der Waals surface area contributed by atoms with Gasteiger partial charge in [0.2, 0.25) is 11.8 Å². The summed E-state index contributed by atoms with van der Waals surface area (Å²) >= 11 is 0. The lowest BCUT2D eigenvalue weighted by Gasteiger charge is -2.37. The molecule has 5 rings (SSSR count). The van der Waals surface area contributed by atoms with Crippen molar-refractivity contribution in [1.29, 1.82) is 0 Å². The lowest BCUT2D eigenvalue weighted by molar-refractivity contribution is -0.134. The van der Waals surface area contributed by atoms with Crippen molar-refractivity contribution in [1.82, 2.24) is 14.8 Å². The minimum atomic E-state index is -0.576. The third-order valence-corrected chi connectivity index (χ3v) is 7.06. The second-order valence-electron chi connectivity index (χ2n) is 8.95. The van der Waals surface area contributed by atoms with E-state index in [2.05, 4.69) is 5.32 Å². The molecule has 0 radical (unpaired) electrons. The molecule has 1 saturated carbocycles. The van der Waals surface area contributed by atoms with Gasteiger partial charge in [0.15, 0.2) is 0 Å². The minimum absolute atomic E-state index is 0.127. The lowest BCUT2D eigenvalue weighted by Crippen LogP contribution is -2.48. The molecule has 0 spiro atoms. The van der Waals surface area contributed by atoms with E-state index in [9.17, 15) is 19.5 Å². The smallest absolute Gasteiger partial charge is 0.258 e. The first-order valence-corrected chi connectivity index (χ1v) is 11.0. The van der Waals surface area contributed by atoms with E-state index in [1.807, 2.05) is 36.4 Å². The van der Waals surface area contributed by atoms with Crippen LogP contribution < -0.4 is 10.9 Å². The van der Waals surface area contributed by atoms with Crippen LogP contribution in [0.1, 0.15) is 31.5 Å². The van der Waals surface area contributed by atoms with Crippen LogP contribution >= 0.6 is 0 Å². The number of amides is 2. The van der Waals surface area contributed by atoms with Crippen molar-refractivity contribution in [3.05, 3.63) is 58.5 Å². The molecule has 0 unspecified atom stereocenters. The van der Waals surface area contributed by atoms with E-state index in [-0.39, 0.29) is 36.6 Å². The number of fused-ring (bicyclic) bond motifs is 4. The average molecular weight is 421 g/mol. The van der Waals surface area contributed by atoms with Crippen molar-refractivity contribution < 1.29 is 14.7 Å². The molecule has 2 N–H and O–H groups in total. The van der Waals surface area contributed by atoms with Gasteiger partial charge in [0.05, 0.1) is 18.0 Å². The van der Waals surface area contributed by atoms with Crippen LogP contribution in [0.15, 0.2) is 47.3 Å². The summed E-state index contributed by atoms with van der Waals surface area (Å²) in [6.45, 7) is 2.19. The van der Waals surface area contributed by atoms with E-state index >= 15 is 0 Å². The maximum Gasteiger partial charge on any atom is 0.258 e. The molecule has 162 valence electrons. The van der Waals surface area contributed by atoms with Gasteiger partial charge >= 0.3 is 0 Å². The van der Waals surface area contributed by atoms with Crippen LogP contribution in [0.2, 0.25) is 0 Å². The highest BCUT2D eigenvalue weighted by molar-refractivity contribution is 5.83. The molecule has 1 aromatic heterocycles. The van der Waals surface area contributed by atoms with Gasteiger partial charge in [-0.3, -0.25) is 14.4 Å². The van der Waals surface area contributed by atoms with Gasteiger partial charge in [0.25, 0.3) is 5.56 Å². The summed E-state index contributed by atoms with van der Waals surface area (Å²) in [5, 5.41) is 13.2. The molecular weight excluding hydrogens is 394 g/mol. The summed E-state index contributed by atoms with van der Waals surface area (Å²) in [4.78, 5) is 40.9. The van der Waals surface area contributed by atoms with Crippen LogP contribution in [0.4, 0.5) is 0 Å². The highest BCUT2D eigenvalue weighted by atomic mass is 16.3. The van der Waals surface area contributed by atoms with Crippen LogP contribution in [0.25, 0.3) is 11.1 Å². The SMILES string of the molecule is CC(=O)N1[C@@H]2Cn3c(ccc(-c4ccccc4)c3=O)[C@H]1[C@@H](C(=O)NCC1CC1)[C@@H]2CO. The topological polar surface area (TPSA) is 91.6 Å². The first-order valence-electron chi connectivity index (χ1n) is 11.0. The van der Waals surface area contributed by atoms with Gasteiger partial charge in [0.1, 0.15) is 0 Å². The molecule has 7 nitrogen and oxygen atoms in total. The number of nitrogens with one attached hydrogen (secondary N) is 1. The molecular formula is C24H27N3O4. The van der Waals surface area contributed by atoms with Crippen LogP contribution in [-0.4, -0.2) is 45.6 Å². The number of pyridine rings is 1. The van der Waals surface area contributed by atoms with Gasteiger partial charge in [-0.25, -0.2) is 0 Å². The molecule has 2 bridgehead atoms. The Morgan fingerprint density at radius 3 is 2.52 bits per heavy atom. The number of nitrogens with zero attached hydrogens (tertiary/aromatic N) is 2. The summed E-state index contributed by atoms with van der Waals surface area (Å²) in [6, 6.07) is 12.2. The summed E-state index contributed by atoms with van der Waals surface area (Å²) in [7, 11) is 0. The molecule has 3 heterocycles. The Labute approximate surface area is 180 Å². The van der Waals surface area contributed by atoms with Crippen molar-refractivity contribution >= 4 is 11.8 Å². The van der Waals surface area contributed by atoms with E-state index < -0.39 is 17.9 Å². The molecule has 1 saturated heterocycles. The van der Waals surface area contributed by atoms with E-state index in [0.717, 1.165) is 18.4 Å². The third-order valence-electron chi connectivity index (χ3n) is 7.06. The normalized spacial score (nSPS) is 26.5. The number of rotatable bonds is 5. The standard InChI is InChI=1S/C24H27N3O4/c1-14(29)27-20-12-26-19(10-9-17(24(26)31)16-5-3-2-4-6-16)22(27)21(18(20)13-28)23(30)25-11-15-7-8-15/h2-6,9-10,15,18,20-22,28H,7-8,11-13H2,1H3,(H,25,30)/t18-,20-,21+,22+/m1/s1. The molecule has 2 aromatic rings. The third kappa shape index (κ3) is 3.28. The fourth-order valence-electron chi connectivity index (χ4n) is 5.36. The molecule has 1 aromatic carbocycles. The van der Waals surface area contributed by atoms with Crippen molar-refractivity contribution in [3.63, 3.8) is 0 Å². The number of aromatic nitrogens is 1. The number of benzene rings is 1. The molecule has 2 fully saturated rings. The largest absolute Gasteiger partial charge is 0.396 e. The Balaban J connectivity index is 1.59. The Hall–Kier alpha value is -2.93. The number of aliphatic hydroxyl groups excluding tert-OH is 1. The minimum Gasteiger partial charge on any atom is -0.396 e. The summed E-state index contributed by atoms with van der Waals surface area (Å²) in [5.74, 6) is -0.736. The Morgan fingerprint density at radius 2 is 1.87 bits per heavy atom. The summed E-state index contributed by atoms with van der Waals surface area (Å²) in [5.41, 5.74) is 1.97. The second kappa shape index (κ2) is 7.64. The lowest BCUT2D eigenvalue weighted by atomic mass is 9.86. The van der Waals surface area contributed by atoms with Gasteiger partial charge < -0.3 is 19.9 Å². The van der Waals surface area contributed by atoms with Crippen LogP contribution in [-0.2, 0) is 16.1 Å². The van der Waals surface area contributed by atoms with E-state index in [0.29, 0.717) is 23.7 Å². The van der Waals surface area contributed by atoms with Gasteiger partial charge in [-0.2, -0.15) is 0 Å². The van der Waals surface area contributed by atoms with Crippen molar-refractivity contribution in [3.8, 4) is 11.1 Å². The van der Waals surface area contributed by atoms with Gasteiger partial charge in [-0.15, -0.1) is 0 Å². The first-order chi connectivity index (χ1) is 15.0. The van der Waals surface area contributed by atoms with Gasteiger partial charge in [-0.1, -0.05) is 30.3 Å². The van der Waals surface area contributed by atoms with E-state index in [4.69, 9.17) is 0 Å². The maximum absolute atomic E-state index is 13.4. The average Bonchev–Trinajstić information content (AvgIpc) is 3.56. The highest BCUT2D eigenvalue weighted by Crippen LogP contribution is 2.48. The summed E-state index contributed by atoms with van der Waals surface area (Å²) < 4.78 is 1.70. The zero-order chi connectivity index (χ0) is 21.7. The molecule has 7 heteroatoms. The number of hydrogen-bond acceptors (Lipinski definition) is 4. The van der Waals surface area contributed by atoms with E-state index in [1.165, 1.54) is 6.92 Å². The Morgan fingerprint density at radius 1 is 1.13 bits per heavy atom. The van der Waals surface area contributed by atoms with Crippen molar-refractivity contribution in [2.45, 2.75) is 38.4 Å². The number of carbonyl (C=O) groups excluding carboxylic acids is 2. The molecule has 1 aliphatic carbocycles. The molecule has 3 aliphatic rings. The van der Waals surface area contributed by atoms with Crippen molar-refractivity contribution in [2.24, 2.45) is 17.8 Å². The second-order valence-corrected chi connectivity index (χ2v) is 8.95. The molecule has 31 heavy (non-hydrogen) atoms. The predicted octanol–water partition coefficient (Wildman–Crippen LogP) is 1.55. The number of carbonyl (C=O) groups is 2. The molecule has 4 atom stereocenters. The van der Waals surface area contributed by atoms with E-state index in [1.54, 1.807) is 15.5 Å². The zero-order valence-electron chi connectivity index (χ0n) is 17.5. The Kier molecular flexibility index (Phi) is 4.93. The monoisotopic (exact) mass is 421 g/mol. The van der Waals surface area contributed by atoms with Crippen LogP contribution in [0, 0.1) is 17.8 Å². The summed E-state index contributed by atoms with van der Waals surface area (Å²) in [6.07, 6.45) is 2.25.